The van der Waals surface area contributed by atoms with Crippen molar-refractivity contribution in [3.05, 3.63) is 0 Å². The SMILES string of the molecule is C#CC(O)CCNC(C)(C)C(C)C. The number of rotatable bonds is 5. The summed E-state index contributed by atoms with van der Waals surface area (Å²) in [7, 11) is 0. The smallest absolute Gasteiger partial charge is 0.115 e. The van der Waals surface area contributed by atoms with Crippen LogP contribution in [-0.4, -0.2) is 23.3 Å². The number of aliphatic hydroxyl groups excluding tert-OH is 1. The second-order valence-corrected chi connectivity index (χ2v) is 4.27. The minimum atomic E-state index is -0.615. The van der Waals surface area contributed by atoms with Gasteiger partial charge in [-0.15, -0.1) is 6.42 Å². The second-order valence-electron chi connectivity index (χ2n) is 4.27. The molecule has 0 rings (SSSR count). The van der Waals surface area contributed by atoms with E-state index in [-0.39, 0.29) is 5.54 Å². The molecule has 0 aromatic carbocycles. The highest BCUT2D eigenvalue weighted by Crippen LogP contribution is 2.14. The van der Waals surface area contributed by atoms with Crippen molar-refractivity contribution in [1.82, 2.24) is 5.32 Å². The van der Waals surface area contributed by atoms with E-state index in [2.05, 4.69) is 38.9 Å². The summed E-state index contributed by atoms with van der Waals surface area (Å²) in [5, 5.41) is 12.5. The predicted octanol–water partition coefficient (Wildman–Crippen LogP) is 1.39. The topological polar surface area (TPSA) is 32.3 Å². The van der Waals surface area contributed by atoms with E-state index in [1.807, 2.05) is 0 Å². The zero-order chi connectivity index (χ0) is 10.5. The summed E-state index contributed by atoms with van der Waals surface area (Å²) in [6.45, 7) is 9.41. The van der Waals surface area contributed by atoms with Gasteiger partial charge in [-0.3, -0.25) is 0 Å². The van der Waals surface area contributed by atoms with Crippen LogP contribution in [0.4, 0.5) is 0 Å². The number of aliphatic hydroxyl groups is 1. The van der Waals surface area contributed by atoms with E-state index >= 15 is 0 Å². The molecule has 0 saturated heterocycles. The molecule has 0 aliphatic rings. The van der Waals surface area contributed by atoms with Gasteiger partial charge in [0.25, 0.3) is 0 Å². The molecule has 0 radical (unpaired) electrons. The summed E-state index contributed by atoms with van der Waals surface area (Å²) < 4.78 is 0. The maximum atomic E-state index is 9.12. The van der Waals surface area contributed by atoms with Crippen molar-refractivity contribution in [2.45, 2.75) is 45.8 Å². The van der Waals surface area contributed by atoms with Crippen LogP contribution in [0.1, 0.15) is 34.1 Å². The van der Waals surface area contributed by atoms with Crippen molar-refractivity contribution in [2.75, 3.05) is 6.54 Å². The van der Waals surface area contributed by atoms with Gasteiger partial charge in [0, 0.05) is 5.54 Å². The third-order valence-electron chi connectivity index (χ3n) is 2.63. The lowest BCUT2D eigenvalue weighted by Gasteiger charge is -2.30. The number of nitrogens with one attached hydrogen (secondary N) is 1. The normalized spacial score (nSPS) is 14.2. The van der Waals surface area contributed by atoms with Crippen LogP contribution in [0.25, 0.3) is 0 Å². The molecule has 2 nitrogen and oxygen atoms in total. The third kappa shape index (κ3) is 4.92. The van der Waals surface area contributed by atoms with Crippen LogP contribution in [0.15, 0.2) is 0 Å². The Hall–Kier alpha value is -0.520. The first-order chi connectivity index (χ1) is 5.90. The molecule has 0 fully saturated rings. The number of terminal acetylenes is 1. The van der Waals surface area contributed by atoms with E-state index in [9.17, 15) is 0 Å². The molecule has 0 aromatic heterocycles. The van der Waals surface area contributed by atoms with Gasteiger partial charge in [-0.05, 0) is 32.7 Å². The van der Waals surface area contributed by atoms with Crippen molar-refractivity contribution in [2.24, 2.45) is 5.92 Å². The summed E-state index contributed by atoms with van der Waals surface area (Å²) in [5.41, 5.74) is 0.105. The molecule has 0 aliphatic carbocycles. The molecule has 2 N–H and O–H groups in total. The first-order valence-corrected chi connectivity index (χ1v) is 4.79. The predicted molar refractivity (Wildman–Crippen MR) is 56.4 cm³/mol. The molecule has 0 heterocycles. The van der Waals surface area contributed by atoms with Gasteiger partial charge in [-0.1, -0.05) is 19.8 Å². The largest absolute Gasteiger partial charge is 0.380 e. The van der Waals surface area contributed by atoms with Crippen LogP contribution in [0.2, 0.25) is 0 Å². The Balaban J connectivity index is 3.71. The molecular formula is C11H21NO. The zero-order valence-corrected chi connectivity index (χ0v) is 9.09. The Kier molecular flexibility index (Phi) is 5.05. The first kappa shape index (κ1) is 12.5. The maximum Gasteiger partial charge on any atom is 0.115 e. The molecule has 0 saturated carbocycles. The van der Waals surface area contributed by atoms with Crippen LogP contribution < -0.4 is 5.32 Å². The van der Waals surface area contributed by atoms with Crippen molar-refractivity contribution < 1.29 is 5.11 Å². The highest BCUT2D eigenvalue weighted by molar-refractivity contribution is 4.93. The molecule has 1 unspecified atom stereocenters. The van der Waals surface area contributed by atoms with E-state index in [1.54, 1.807) is 0 Å². The van der Waals surface area contributed by atoms with Crippen LogP contribution in [0.3, 0.4) is 0 Å². The van der Waals surface area contributed by atoms with E-state index in [0.717, 1.165) is 6.54 Å². The lowest BCUT2D eigenvalue weighted by atomic mass is 9.90. The van der Waals surface area contributed by atoms with Crippen molar-refractivity contribution in [3.63, 3.8) is 0 Å². The van der Waals surface area contributed by atoms with Crippen molar-refractivity contribution in [1.29, 1.82) is 0 Å². The standard InChI is InChI=1S/C11H21NO/c1-6-10(13)7-8-12-11(4,5)9(2)3/h1,9-10,12-13H,7-8H2,2-5H3. The van der Waals surface area contributed by atoms with Gasteiger partial charge in [-0.25, -0.2) is 0 Å². The monoisotopic (exact) mass is 183 g/mol. The number of hydrogen-bond acceptors (Lipinski definition) is 2. The fourth-order valence-electron chi connectivity index (χ4n) is 0.819. The molecule has 0 bridgehead atoms. The van der Waals surface area contributed by atoms with Gasteiger partial charge < -0.3 is 10.4 Å². The molecule has 2 heteroatoms. The first-order valence-electron chi connectivity index (χ1n) is 4.79. The van der Waals surface area contributed by atoms with E-state index in [4.69, 9.17) is 11.5 Å². The summed E-state index contributed by atoms with van der Waals surface area (Å²) in [4.78, 5) is 0. The average molecular weight is 183 g/mol. The molecule has 13 heavy (non-hydrogen) atoms. The van der Waals surface area contributed by atoms with Gasteiger partial charge in [0.1, 0.15) is 6.10 Å². The van der Waals surface area contributed by atoms with Crippen LogP contribution in [0.5, 0.6) is 0 Å². The Labute approximate surface area is 81.7 Å². The summed E-state index contributed by atoms with van der Waals surface area (Å²) in [5.74, 6) is 2.86. The molecule has 76 valence electrons. The molecule has 0 spiro atoms. The van der Waals surface area contributed by atoms with Crippen LogP contribution >= 0.6 is 0 Å². The van der Waals surface area contributed by atoms with E-state index < -0.39 is 6.10 Å². The Bertz CT molecular complexity index is 179. The zero-order valence-electron chi connectivity index (χ0n) is 9.09. The quantitative estimate of drug-likeness (QED) is 0.631. The summed E-state index contributed by atoms with van der Waals surface area (Å²) >= 11 is 0. The Morgan fingerprint density at radius 2 is 2.00 bits per heavy atom. The average Bonchev–Trinajstić information content (AvgIpc) is 2.03. The lowest BCUT2D eigenvalue weighted by molar-refractivity contribution is 0.206. The van der Waals surface area contributed by atoms with Gasteiger partial charge in [0.05, 0.1) is 0 Å². The molecule has 1 atom stereocenters. The van der Waals surface area contributed by atoms with Gasteiger partial charge in [0.2, 0.25) is 0 Å². The molecule has 0 aromatic rings. The summed E-state index contributed by atoms with van der Waals surface area (Å²) in [6, 6.07) is 0. The third-order valence-corrected chi connectivity index (χ3v) is 2.63. The van der Waals surface area contributed by atoms with Crippen LogP contribution in [-0.2, 0) is 0 Å². The van der Waals surface area contributed by atoms with Crippen molar-refractivity contribution in [3.8, 4) is 12.3 Å². The Morgan fingerprint density at radius 1 is 1.46 bits per heavy atom. The highest BCUT2D eigenvalue weighted by Gasteiger charge is 2.20. The second kappa shape index (κ2) is 5.26. The molecule has 0 aliphatic heterocycles. The minimum Gasteiger partial charge on any atom is -0.380 e. The lowest BCUT2D eigenvalue weighted by Crippen LogP contribution is -2.44. The van der Waals surface area contributed by atoms with Gasteiger partial charge in [-0.2, -0.15) is 0 Å². The number of hydrogen-bond donors (Lipinski definition) is 2. The minimum absolute atomic E-state index is 0.105. The highest BCUT2D eigenvalue weighted by atomic mass is 16.3. The fraction of sp³-hybridized carbons (Fsp3) is 0.818. The van der Waals surface area contributed by atoms with E-state index in [1.165, 1.54) is 0 Å². The van der Waals surface area contributed by atoms with Crippen molar-refractivity contribution >= 4 is 0 Å². The van der Waals surface area contributed by atoms with Gasteiger partial charge >= 0.3 is 0 Å². The van der Waals surface area contributed by atoms with Gasteiger partial charge in [0.15, 0.2) is 0 Å². The maximum absolute atomic E-state index is 9.12. The Morgan fingerprint density at radius 3 is 2.38 bits per heavy atom. The fourth-order valence-corrected chi connectivity index (χ4v) is 0.819. The molecule has 0 amide bonds. The summed E-state index contributed by atoms with van der Waals surface area (Å²) in [6.07, 6.45) is 5.06. The van der Waals surface area contributed by atoms with Crippen LogP contribution in [0, 0.1) is 18.3 Å². The van der Waals surface area contributed by atoms with E-state index in [0.29, 0.717) is 12.3 Å². The molecular weight excluding hydrogens is 162 g/mol.